The first kappa shape index (κ1) is 24.7. The first-order valence-electron chi connectivity index (χ1n) is 10.9. The van der Waals surface area contributed by atoms with Crippen molar-refractivity contribution in [3.05, 3.63) is 59.4 Å². The number of anilines is 1. The van der Waals surface area contributed by atoms with Crippen molar-refractivity contribution in [2.75, 3.05) is 31.2 Å². The number of piperidine rings is 1. The molecule has 0 aliphatic carbocycles. The summed E-state index contributed by atoms with van der Waals surface area (Å²) < 4.78 is 37.2. The maximum atomic E-state index is 14.0. The number of rotatable bonds is 7. The van der Waals surface area contributed by atoms with Gasteiger partial charge in [-0.25, -0.2) is 12.8 Å². The van der Waals surface area contributed by atoms with Gasteiger partial charge in [-0.2, -0.15) is 0 Å². The highest BCUT2D eigenvalue weighted by molar-refractivity contribution is 7.90. The topological polar surface area (TPSA) is 95.6 Å². The number of nitrogens with one attached hydrogen (secondary N) is 2. The molecule has 2 aromatic rings. The lowest BCUT2D eigenvalue weighted by molar-refractivity contribution is -0.131. The van der Waals surface area contributed by atoms with Crippen LogP contribution in [0.3, 0.4) is 0 Å². The zero-order valence-electron chi connectivity index (χ0n) is 19.2. The predicted molar refractivity (Wildman–Crippen MR) is 126 cm³/mol. The van der Waals surface area contributed by atoms with Crippen molar-refractivity contribution in [1.82, 2.24) is 10.2 Å². The summed E-state index contributed by atoms with van der Waals surface area (Å²) in [5.74, 6) is -1.42. The second kappa shape index (κ2) is 9.91. The Kier molecular flexibility index (Phi) is 7.41. The van der Waals surface area contributed by atoms with Crippen LogP contribution >= 0.6 is 0 Å². The summed E-state index contributed by atoms with van der Waals surface area (Å²) in [6.07, 6.45) is 3.23. The second-order valence-electron chi connectivity index (χ2n) is 8.71. The largest absolute Gasteiger partial charge is 0.380 e. The van der Waals surface area contributed by atoms with Crippen molar-refractivity contribution in [1.29, 1.82) is 0 Å². The highest BCUT2D eigenvalue weighted by atomic mass is 32.2. The third-order valence-corrected chi connectivity index (χ3v) is 7.16. The number of sulfone groups is 1. The number of hydrogen-bond acceptors (Lipinski definition) is 5. The first-order chi connectivity index (χ1) is 15.5. The highest BCUT2D eigenvalue weighted by Gasteiger charge is 2.32. The zero-order chi connectivity index (χ0) is 24.2. The van der Waals surface area contributed by atoms with E-state index in [9.17, 15) is 22.4 Å². The van der Waals surface area contributed by atoms with E-state index < -0.39 is 21.6 Å². The van der Waals surface area contributed by atoms with Crippen LogP contribution in [0.4, 0.5) is 10.1 Å². The molecule has 33 heavy (non-hydrogen) atoms. The minimum Gasteiger partial charge on any atom is -0.380 e. The maximum absolute atomic E-state index is 14.0. The van der Waals surface area contributed by atoms with Crippen LogP contribution in [0, 0.1) is 5.82 Å². The quantitative estimate of drug-likeness (QED) is 0.642. The minimum absolute atomic E-state index is 0.0561. The lowest BCUT2D eigenvalue weighted by Crippen LogP contribution is -2.51. The lowest BCUT2D eigenvalue weighted by Gasteiger charge is -2.40. The number of likely N-dealkylation sites (tertiary alicyclic amines) is 1. The van der Waals surface area contributed by atoms with Crippen LogP contribution in [0.5, 0.6) is 0 Å². The van der Waals surface area contributed by atoms with Gasteiger partial charge < -0.3 is 15.5 Å². The Morgan fingerprint density at radius 3 is 2.30 bits per heavy atom. The van der Waals surface area contributed by atoms with Gasteiger partial charge in [-0.3, -0.25) is 9.59 Å². The van der Waals surface area contributed by atoms with E-state index in [4.69, 9.17) is 0 Å². The van der Waals surface area contributed by atoms with Crippen LogP contribution in [-0.4, -0.2) is 56.6 Å². The second-order valence-corrected chi connectivity index (χ2v) is 10.7. The summed E-state index contributed by atoms with van der Waals surface area (Å²) in [6.45, 7) is 4.82. The minimum atomic E-state index is -3.24. The molecule has 1 saturated heterocycles. The van der Waals surface area contributed by atoms with Gasteiger partial charge in [0, 0.05) is 30.6 Å². The van der Waals surface area contributed by atoms with Gasteiger partial charge in [0.15, 0.2) is 9.84 Å². The number of nitrogens with zero attached hydrogens (tertiary/aromatic N) is 1. The van der Waals surface area contributed by atoms with Crippen LogP contribution < -0.4 is 10.6 Å². The number of benzene rings is 2. The molecule has 1 aliphatic rings. The molecular formula is C24H30FN3O4S. The van der Waals surface area contributed by atoms with E-state index in [0.717, 1.165) is 11.3 Å². The third-order valence-electron chi connectivity index (χ3n) is 6.03. The molecule has 1 heterocycles. The Hall–Kier alpha value is -2.94. The molecule has 1 fully saturated rings. The van der Waals surface area contributed by atoms with Gasteiger partial charge in [0.25, 0.3) is 5.91 Å². The smallest absolute Gasteiger partial charge is 0.254 e. The predicted octanol–water partition coefficient (Wildman–Crippen LogP) is 3.01. The van der Waals surface area contributed by atoms with E-state index in [0.29, 0.717) is 32.4 Å². The molecule has 0 spiro atoms. The lowest BCUT2D eigenvalue weighted by atomic mass is 9.89. The number of halogens is 1. The summed E-state index contributed by atoms with van der Waals surface area (Å²) >= 11 is 0. The van der Waals surface area contributed by atoms with Crippen molar-refractivity contribution >= 4 is 27.3 Å². The molecule has 0 unspecified atom stereocenters. The molecule has 0 radical (unpaired) electrons. The van der Waals surface area contributed by atoms with Crippen LogP contribution in [0.25, 0.3) is 0 Å². The van der Waals surface area contributed by atoms with Gasteiger partial charge in [-0.15, -0.1) is 0 Å². The number of carbonyl (C=O) groups excluding carboxylic acids is 2. The van der Waals surface area contributed by atoms with Crippen molar-refractivity contribution in [3.63, 3.8) is 0 Å². The van der Waals surface area contributed by atoms with Gasteiger partial charge in [0.2, 0.25) is 5.91 Å². The average Bonchev–Trinajstić information content (AvgIpc) is 2.77. The van der Waals surface area contributed by atoms with Crippen molar-refractivity contribution < 1.29 is 22.4 Å². The molecule has 9 heteroatoms. The van der Waals surface area contributed by atoms with Crippen LogP contribution in [-0.2, 0) is 21.1 Å². The maximum Gasteiger partial charge on any atom is 0.254 e. The Morgan fingerprint density at radius 2 is 1.73 bits per heavy atom. The highest BCUT2D eigenvalue weighted by Crippen LogP contribution is 2.27. The van der Waals surface area contributed by atoms with Crippen LogP contribution in [0.2, 0.25) is 0 Å². The van der Waals surface area contributed by atoms with E-state index in [1.165, 1.54) is 18.4 Å². The average molecular weight is 476 g/mol. The van der Waals surface area contributed by atoms with Gasteiger partial charge in [0.05, 0.1) is 17.0 Å². The normalized spacial score (nSPS) is 15.7. The monoisotopic (exact) mass is 475 g/mol. The molecule has 0 atom stereocenters. The molecule has 2 amide bonds. The molecule has 0 aromatic heterocycles. The van der Waals surface area contributed by atoms with E-state index >= 15 is 0 Å². The Bertz CT molecular complexity index is 1120. The molecule has 0 saturated carbocycles. The Labute approximate surface area is 194 Å². The molecule has 2 aromatic carbocycles. The molecule has 1 aliphatic heterocycles. The summed E-state index contributed by atoms with van der Waals surface area (Å²) in [5.41, 5.74) is 1.35. The van der Waals surface area contributed by atoms with E-state index in [2.05, 4.69) is 17.6 Å². The molecular weight excluding hydrogens is 445 g/mol. The fourth-order valence-electron chi connectivity index (χ4n) is 3.84. The van der Waals surface area contributed by atoms with Crippen LogP contribution in [0.15, 0.2) is 47.4 Å². The standard InChI is InChI=1S/C24H30FN3O4S/c1-4-17-5-10-21(25)20(15-17)23(30)26-16-22(29)28-13-11-24(2,12-14-28)27-18-6-8-19(9-7-18)33(3,31)32/h5-10,15,27H,4,11-14,16H2,1-3H3,(H,26,30). The molecule has 7 nitrogen and oxygen atoms in total. The number of hydrogen-bond donors (Lipinski definition) is 2. The summed E-state index contributed by atoms with van der Waals surface area (Å²) in [5, 5.41) is 5.97. The van der Waals surface area contributed by atoms with E-state index in [-0.39, 0.29) is 28.4 Å². The number of amides is 2. The van der Waals surface area contributed by atoms with Crippen molar-refractivity contribution in [3.8, 4) is 0 Å². The van der Waals surface area contributed by atoms with Gasteiger partial charge in [-0.1, -0.05) is 13.0 Å². The molecule has 3 rings (SSSR count). The van der Waals surface area contributed by atoms with Gasteiger partial charge >= 0.3 is 0 Å². The van der Waals surface area contributed by atoms with Crippen molar-refractivity contribution in [2.45, 2.75) is 43.5 Å². The Morgan fingerprint density at radius 1 is 1.09 bits per heavy atom. The van der Waals surface area contributed by atoms with Gasteiger partial charge in [0.1, 0.15) is 5.82 Å². The molecule has 0 bridgehead atoms. The number of carbonyl (C=O) groups is 2. The summed E-state index contributed by atoms with van der Waals surface area (Å²) in [4.78, 5) is 26.9. The SMILES string of the molecule is CCc1ccc(F)c(C(=O)NCC(=O)N2CCC(C)(Nc3ccc(S(C)(=O)=O)cc3)CC2)c1. The fraction of sp³-hybridized carbons (Fsp3) is 0.417. The third kappa shape index (κ3) is 6.31. The summed E-state index contributed by atoms with van der Waals surface area (Å²) in [6, 6.07) is 11.0. The number of aryl methyl sites for hydroxylation is 1. The van der Waals surface area contributed by atoms with Gasteiger partial charge in [-0.05, 0) is 68.1 Å². The Balaban J connectivity index is 1.51. The van der Waals surface area contributed by atoms with Crippen LogP contribution in [0.1, 0.15) is 42.6 Å². The molecule has 178 valence electrons. The first-order valence-corrected chi connectivity index (χ1v) is 12.8. The van der Waals surface area contributed by atoms with E-state index in [1.807, 2.05) is 6.92 Å². The zero-order valence-corrected chi connectivity index (χ0v) is 20.0. The summed E-state index contributed by atoms with van der Waals surface area (Å²) in [7, 11) is -3.24. The fourth-order valence-corrected chi connectivity index (χ4v) is 4.47. The van der Waals surface area contributed by atoms with Crippen molar-refractivity contribution in [2.24, 2.45) is 0 Å². The van der Waals surface area contributed by atoms with E-state index in [1.54, 1.807) is 35.2 Å². The molecule has 2 N–H and O–H groups in total.